The molecule has 1 aromatic heterocycles. The standard InChI is InChI=1S/C15H24N2O2/c1-11(2)15(18)14-7-6-13(10-17-14)19-9-5-8-16-12(3)4/h6-7,10-12,16H,5,8-9H2,1-4H3. The van der Waals surface area contributed by atoms with Crippen molar-refractivity contribution in [3.63, 3.8) is 0 Å². The molecule has 0 aliphatic carbocycles. The summed E-state index contributed by atoms with van der Waals surface area (Å²) >= 11 is 0. The first-order valence-electron chi connectivity index (χ1n) is 6.87. The molecular weight excluding hydrogens is 240 g/mol. The summed E-state index contributed by atoms with van der Waals surface area (Å²) in [6.07, 6.45) is 2.57. The second kappa shape index (κ2) is 7.89. The Kier molecular flexibility index (Phi) is 6.50. The summed E-state index contributed by atoms with van der Waals surface area (Å²) in [6, 6.07) is 4.03. The third-order valence-corrected chi connectivity index (χ3v) is 2.66. The number of carbonyl (C=O) groups is 1. The normalized spacial score (nSPS) is 11.1. The molecule has 0 amide bonds. The summed E-state index contributed by atoms with van der Waals surface area (Å²) in [7, 11) is 0. The first kappa shape index (κ1) is 15.6. The van der Waals surface area contributed by atoms with E-state index < -0.39 is 0 Å². The summed E-state index contributed by atoms with van der Waals surface area (Å²) in [5.41, 5.74) is 0.504. The molecule has 1 heterocycles. The summed E-state index contributed by atoms with van der Waals surface area (Å²) in [4.78, 5) is 15.8. The molecule has 0 fully saturated rings. The predicted octanol–water partition coefficient (Wildman–Crippen LogP) is 2.69. The number of Topliss-reactive ketones (excluding diaryl/α,β-unsaturated/α-hetero) is 1. The molecule has 19 heavy (non-hydrogen) atoms. The highest BCUT2D eigenvalue weighted by atomic mass is 16.5. The van der Waals surface area contributed by atoms with E-state index in [2.05, 4.69) is 24.1 Å². The van der Waals surface area contributed by atoms with Gasteiger partial charge in [-0.2, -0.15) is 0 Å². The van der Waals surface area contributed by atoms with Gasteiger partial charge in [-0.05, 0) is 25.1 Å². The highest BCUT2D eigenvalue weighted by Gasteiger charge is 2.11. The quantitative estimate of drug-likeness (QED) is 0.579. The Morgan fingerprint density at radius 2 is 2.05 bits per heavy atom. The molecule has 0 saturated heterocycles. The lowest BCUT2D eigenvalue weighted by Crippen LogP contribution is -2.24. The maximum Gasteiger partial charge on any atom is 0.183 e. The van der Waals surface area contributed by atoms with Crippen LogP contribution in [0.4, 0.5) is 0 Å². The van der Waals surface area contributed by atoms with Crippen molar-refractivity contribution >= 4 is 5.78 Å². The van der Waals surface area contributed by atoms with Gasteiger partial charge < -0.3 is 10.1 Å². The number of carbonyl (C=O) groups excluding carboxylic acids is 1. The van der Waals surface area contributed by atoms with E-state index in [1.807, 2.05) is 13.8 Å². The van der Waals surface area contributed by atoms with Gasteiger partial charge in [0.25, 0.3) is 0 Å². The maximum atomic E-state index is 11.7. The number of hydrogen-bond acceptors (Lipinski definition) is 4. The zero-order valence-corrected chi connectivity index (χ0v) is 12.3. The van der Waals surface area contributed by atoms with Crippen molar-refractivity contribution in [3.8, 4) is 5.75 Å². The molecule has 0 aliphatic rings. The number of hydrogen-bond donors (Lipinski definition) is 1. The number of nitrogens with zero attached hydrogens (tertiary/aromatic N) is 1. The van der Waals surface area contributed by atoms with Crippen LogP contribution >= 0.6 is 0 Å². The van der Waals surface area contributed by atoms with Crippen LogP contribution in [-0.4, -0.2) is 30.0 Å². The smallest absolute Gasteiger partial charge is 0.183 e. The molecule has 0 unspecified atom stereocenters. The van der Waals surface area contributed by atoms with Gasteiger partial charge in [0.1, 0.15) is 11.4 Å². The monoisotopic (exact) mass is 264 g/mol. The van der Waals surface area contributed by atoms with E-state index in [4.69, 9.17) is 4.74 Å². The van der Waals surface area contributed by atoms with Crippen LogP contribution in [0.5, 0.6) is 5.75 Å². The Labute approximate surface area is 115 Å². The van der Waals surface area contributed by atoms with Crippen LogP contribution in [-0.2, 0) is 0 Å². The fourth-order valence-corrected chi connectivity index (χ4v) is 1.56. The lowest BCUT2D eigenvalue weighted by atomic mass is 10.1. The number of aromatic nitrogens is 1. The molecule has 1 aromatic rings. The molecule has 0 spiro atoms. The minimum absolute atomic E-state index is 0.0265. The van der Waals surface area contributed by atoms with Gasteiger partial charge in [0.05, 0.1) is 12.8 Å². The van der Waals surface area contributed by atoms with E-state index in [0.717, 1.165) is 13.0 Å². The fourth-order valence-electron chi connectivity index (χ4n) is 1.56. The van der Waals surface area contributed by atoms with Crippen LogP contribution in [0.3, 0.4) is 0 Å². The largest absolute Gasteiger partial charge is 0.492 e. The van der Waals surface area contributed by atoms with Crippen molar-refractivity contribution in [3.05, 3.63) is 24.0 Å². The van der Waals surface area contributed by atoms with Gasteiger partial charge in [-0.25, -0.2) is 4.98 Å². The van der Waals surface area contributed by atoms with Gasteiger partial charge in [-0.3, -0.25) is 4.79 Å². The van der Waals surface area contributed by atoms with Crippen molar-refractivity contribution in [2.45, 2.75) is 40.2 Å². The van der Waals surface area contributed by atoms with E-state index in [-0.39, 0.29) is 11.7 Å². The summed E-state index contributed by atoms with van der Waals surface area (Å²) in [6.45, 7) is 9.57. The summed E-state index contributed by atoms with van der Waals surface area (Å²) < 4.78 is 5.57. The molecule has 0 bridgehead atoms. The second-order valence-electron chi connectivity index (χ2n) is 5.21. The molecule has 1 rings (SSSR count). The van der Waals surface area contributed by atoms with E-state index in [1.54, 1.807) is 18.3 Å². The minimum atomic E-state index is -0.0265. The first-order chi connectivity index (χ1) is 9.00. The van der Waals surface area contributed by atoms with Crippen LogP contribution in [0.25, 0.3) is 0 Å². The highest BCUT2D eigenvalue weighted by molar-refractivity contribution is 5.95. The maximum absolute atomic E-state index is 11.7. The minimum Gasteiger partial charge on any atom is -0.492 e. The Balaban J connectivity index is 2.34. The molecule has 0 saturated carbocycles. The molecule has 0 atom stereocenters. The van der Waals surface area contributed by atoms with Gasteiger partial charge in [-0.15, -0.1) is 0 Å². The van der Waals surface area contributed by atoms with E-state index in [1.165, 1.54) is 0 Å². The van der Waals surface area contributed by atoms with Gasteiger partial charge in [-0.1, -0.05) is 27.7 Å². The fraction of sp³-hybridized carbons (Fsp3) is 0.600. The van der Waals surface area contributed by atoms with Crippen LogP contribution < -0.4 is 10.1 Å². The number of nitrogens with one attached hydrogen (secondary N) is 1. The van der Waals surface area contributed by atoms with Crippen LogP contribution in [0.1, 0.15) is 44.6 Å². The summed E-state index contributed by atoms with van der Waals surface area (Å²) in [5.74, 6) is 0.749. The zero-order valence-electron chi connectivity index (χ0n) is 12.3. The number of pyridine rings is 1. The molecule has 0 aliphatic heterocycles. The van der Waals surface area contributed by atoms with Crippen LogP contribution in [0, 0.1) is 5.92 Å². The van der Waals surface area contributed by atoms with E-state index >= 15 is 0 Å². The van der Waals surface area contributed by atoms with Crippen molar-refractivity contribution in [1.29, 1.82) is 0 Å². The second-order valence-corrected chi connectivity index (χ2v) is 5.21. The number of ether oxygens (including phenoxy) is 1. The average Bonchev–Trinajstić information content (AvgIpc) is 2.37. The summed E-state index contributed by atoms with van der Waals surface area (Å²) in [5, 5.41) is 3.33. The average molecular weight is 264 g/mol. The molecule has 4 heteroatoms. The predicted molar refractivity (Wildman–Crippen MR) is 76.7 cm³/mol. The highest BCUT2D eigenvalue weighted by Crippen LogP contribution is 2.12. The van der Waals surface area contributed by atoms with Gasteiger partial charge in [0.2, 0.25) is 0 Å². The SMILES string of the molecule is CC(C)NCCCOc1ccc(C(=O)C(C)C)nc1. The van der Waals surface area contributed by atoms with Crippen molar-refractivity contribution in [2.75, 3.05) is 13.2 Å². The Hall–Kier alpha value is -1.42. The van der Waals surface area contributed by atoms with E-state index in [9.17, 15) is 4.79 Å². The third-order valence-electron chi connectivity index (χ3n) is 2.66. The molecular formula is C15H24N2O2. The zero-order chi connectivity index (χ0) is 14.3. The molecule has 4 nitrogen and oxygen atoms in total. The van der Waals surface area contributed by atoms with Crippen LogP contribution in [0.15, 0.2) is 18.3 Å². The number of ketones is 1. The lowest BCUT2D eigenvalue weighted by Gasteiger charge is -2.09. The first-order valence-corrected chi connectivity index (χ1v) is 6.87. The van der Waals surface area contributed by atoms with Crippen molar-refractivity contribution in [2.24, 2.45) is 5.92 Å². The molecule has 106 valence electrons. The Bertz CT molecular complexity index is 386. The molecule has 1 N–H and O–H groups in total. The van der Waals surface area contributed by atoms with Gasteiger partial charge in [0, 0.05) is 12.0 Å². The van der Waals surface area contributed by atoms with Crippen LogP contribution in [0.2, 0.25) is 0 Å². The van der Waals surface area contributed by atoms with Gasteiger partial charge in [0.15, 0.2) is 5.78 Å². The van der Waals surface area contributed by atoms with Crippen molar-refractivity contribution < 1.29 is 9.53 Å². The third kappa shape index (κ3) is 5.83. The lowest BCUT2D eigenvalue weighted by molar-refractivity contribution is 0.0934. The Morgan fingerprint density at radius 1 is 1.32 bits per heavy atom. The van der Waals surface area contributed by atoms with Crippen molar-refractivity contribution in [1.82, 2.24) is 10.3 Å². The molecule has 0 aromatic carbocycles. The van der Waals surface area contributed by atoms with Gasteiger partial charge >= 0.3 is 0 Å². The Morgan fingerprint density at radius 3 is 2.58 bits per heavy atom. The molecule has 0 radical (unpaired) electrons. The number of rotatable bonds is 8. The topological polar surface area (TPSA) is 51.2 Å². The van der Waals surface area contributed by atoms with E-state index in [0.29, 0.717) is 24.1 Å².